The van der Waals surface area contributed by atoms with Crippen molar-refractivity contribution in [2.45, 2.75) is 13.1 Å². The molecule has 2 N–H and O–H groups in total. The van der Waals surface area contributed by atoms with Crippen LogP contribution < -0.4 is 10.6 Å². The van der Waals surface area contributed by atoms with Gasteiger partial charge in [0.15, 0.2) is 17.4 Å². The molecular weight excluding hydrogens is 328 g/mol. The van der Waals surface area contributed by atoms with E-state index in [1.807, 2.05) is 54.0 Å². The molecule has 0 saturated heterocycles. The van der Waals surface area contributed by atoms with E-state index in [1.165, 1.54) is 0 Å². The molecule has 8 heteroatoms. The number of aliphatic imine (C=N–C) groups is 1. The molecule has 132 valence electrons. The van der Waals surface area contributed by atoms with Crippen LogP contribution in [0, 0.1) is 0 Å². The van der Waals surface area contributed by atoms with E-state index >= 15 is 0 Å². The summed E-state index contributed by atoms with van der Waals surface area (Å²) in [4.78, 5) is 8.93. The summed E-state index contributed by atoms with van der Waals surface area (Å²) in [5.74, 6) is 2.46. The van der Waals surface area contributed by atoms with Crippen LogP contribution in [-0.4, -0.2) is 37.2 Å². The van der Waals surface area contributed by atoms with Gasteiger partial charge in [-0.15, -0.1) is 10.2 Å². The third-order valence-corrected chi connectivity index (χ3v) is 4.32. The number of hydrogen-bond donors (Lipinski definition) is 2. The third kappa shape index (κ3) is 2.97. The molecule has 0 saturated carbocycles. The van der Waals surface area contributed by atoms with Crippen LogP contribution in [0.2, 0.25) is 0 Å². The summed E-state index contributed by atoms with van der Waals surface area (Å²) in [6, 6.07) is 13.9. The zero-order chi connectivity index (χ0) is 17.9. The fourth-order valence-corrected chi connectivity index (χ4v) is 2.91. The highest BCUT2D eigenvalue weighted by Gasteiger charge is 2.09. The normalized spacial score (nSPS) is 12.0. The molecule has 0 fully saturated rings. The van der Waals surface area contributed by atoms with Gasteiger partial charge in [0.05, 0.1) is 24.1 Å². The third-order valence-electron chi connectivity index (χ3n) is 4.32. The first-order valence-electron chi connectivity index (χ1n) is 8.40. The number of aryl methyl sites for hydroxylation is 1. The maximum absolute atomic E-state index is 4.66. The van der Waals surface area contributed by atoms with Crippen molar-refractivity contribution in [3.05, 3.63) is 60.3 Å². The summed E-state index contributed by atoms with van der Waals surface area (Å²) >= 11 is 0. The Morgan fingerprint density at radius 1 is 1.00 bits per heavy atom. The lowest BCUT2D eigenvalue weighted by atomic mass is 10.3. The van der Waals surface area contributed by atoms with Crippen LogP contribution in [0.4, 0.5) is 0 Å². The van der Waals surface area contributed by atoms with Crippen LogP contribution in [0.25, 0.3) is 16.7 Å². The van der Waals surface area contributed by atoms with Crippen LogP contribution in [0.5, 0.6) is 0 Å². The molecule has 0 spiro atoms. The first-order chi connectivity index (χ1) is 12.8. The lowest BCUT2D eigenvalue weighted by molar-refractivity contribution is 0.723. The monoisotopic (exact) mass is 348 g/mol. The van der Waals surface area contributed by atoms with E-state index in [2.05, 4.69) is 41.4 Å². The number of rotatable bonds is 4. The number of benzene rings is 1. The van der Waals surface area contributed by atoms with Gasteiger partial charge in [-0.1, -0.05) is 18.2 Å². The zero-order valence-corrected chi connectivity index (χ0v) is 14.7. The van der Waals surface area contributed by atoms with Crippen LogP contribution in [0.3, 0.4) is 0 Å². The van der Waals surface area contributed by atoms with Crippen molar-refractivity contribution in [3.63, 3.8) is 0 Å². The number of fused-ring (bicyclic) bond motifs is 2. The van der Waals surface area contributed by atoms with Gasteiger partial charge in [0, 0.05) is 20.3 Å². The molecule has 3 aromatic heterocycles. The topological polar surface area (TPSA) is 84.4 Å². The SMILES string of the molecule is CN=C(NCc1nc2ccccc2n1C)NCc1nnc2ccccn12. The van der Waals surface area contributed by atoms with Crippen LogP contribution in [0.1, 0.15) is 11.6 Å². The van der Waals surface area contributed by atoms with E-state index in [1.54, 1.807) is 7.05 Å². The van der Waals surface area contributed by atoms with Gasteiger partial charge in [0.1, 0.15) is 5.82 Å². The fraction of sp³-hybridized carbons (Fsp3) is 0.222. The van der Waals surface area contributed by atoms with Crippen molar-refractivity contribution in [1.29, 1.82) is 0 Å². The van der Waals surface area contributed by atoms with Gasteiger partial charge in [-0.3, -0.25) is 9.39 Å². The number of pyridine rings is 1. The summed E-state index contributed by atoms with van der Waals surface area (Å²) in [7, 11) is 3.76. The van der Waals surface area contributed by atoms with Crippen molar-refractivity contribution in [1.82, 2.24) is 34.8 Å². The Morgan fingerprint density at radius 2 is 1.77 bits per heavy atom. The molecule has 0 aliphatic heterocycles. The molecule has 0 aliphatic carbocycles. The average Bonchev–Trinajstić information content (AvgIpc) is 3.24. The van der Waals surface area contributed by atoms with Crippen molar-refractivity contribution >= 4 is 22.6 Å². The van der Waals surface area contributed by atoms with Crippen LogP contribution in [-0.2, 0) is 20.1 Å². The average molecular weight is 348 g/mol. The molecule has 0 radical (unpaired) electrons. The molecule has 4 aromatic rings. The van der Waals surface area contributed by atoms with Crippen molar-refractivity contribution in [2.24, 2.45) is 12.0 Å². The smallest absolute Gasteiger partial charge is 0.191 e. The van der Waals surface area contributed by atoms with Gasteiger partial charge in [-0.25, -0.2) is 4.98 Å². The Morgan fingerprint density at radius 3 is 2.58 bits per heavy atom. The van der Waals surface area contributed by atoms with Gasteiger partial charge >= 0.3 is 0 Å². The van der Waals surface area contributed by atoms with Crippen LogP contribution >= 0.6 is 0 Å². The Bertz CT molecular complexity index is 1080. The Labute approximate surface area is 150 Å². The minimum atomic E-state index is 0.521. The highest BCUT2D eigenvalue weighted by atomic mass is 15.3. The number of hydrogen-bond acceptors (Lipinski definition) is 4. The van der Waals surface area contributed by atoms with E-state index in [9.17, 15) is 0 Å². The predicted octanol–water partition coefficient (Wildman–Crippen LogP) is 1.48. The molecular formula is C18H20N8. The molecule has 0 bridgehead atoms. The second-order valence-electron chi connectivity index (χ2n) is 5.90. The van der Waals surface area contributed by atoms with E-state index < -0.39 is 0 Å². The number of aromatic nitrogens is 5. The molecule has 1 aromatic carbocycles. The Balaban J connectivity index is 1.42. The molecule has 26 heavy (non-hydrogen) atoms. The standard InChI is InChI=1S/C18H20N8/c1-19-18(21-12-17-24-23-15-9-5-6-10-26(15)17)20-11-16-22-13-7-3-4-8-14(13)25(16)2/h3-10H,11-12H2,1-2H3,(H2,19,20,21). The molecule has 4 rings (SSSR count). The lowest BCUT2D eigenvalue weighted by Gasteiger charge is -2.11. The number of nitrogens with zero attached hydrogens (tertiary/aromatic N) is 6. The quantitative estimate of drug-likeness (QED) is 0.431. The maximum atomic E-state index is 4.66. The van der Waals surface area contributed by atoms with Gasteiger partial charge in [-0.2, -0.15) is 0 Å². The number of nitrogens with one attached hydrogen (secondary N) is 2. The lowest BCUT2D eigenvalue weighted by Crippen LogP contribution is -2.37. The van der Waals surface area contributed by atoms with E-state index in [0.29, 0.717) is 19.0 Å². The number of para-hydroxylation sites is 2. The molecule has 0 atom stereocenters. The summed E-state index contributed by atoms with van der Waals surface area (Å²) < 4.78 is 4.04. The minimum absolute atomic E-state index is 0.521. The largest absolute Gasteiger partial charge is 0.349 e. The highest BCUT2D eigenvalue weighted by Crippen LogP contribution is 2.13. The van der Waals surface area contributed by atoms with Gasteiger partial charge < -0.3 is 15.2 Å². The maximum Gasteiger partial charge on any atom is 0.191 e. The second-order valence-corrected chi connectivity index (χ2v) is 5.90. The molecule has 0 aliphatic rings. The van der Waals surface area contributed by atoms with E-state index in [4.69, 9.17) is 0 Å². The molecule has 0 amide bonds. The minimum Gasteiger partial charge on any atom is -0.349 e. The first kappa shape index (κ1) is 16.1. The number of guanidine groups is 1. The number of imidazole rings is 1. The van der Waals surface area contributed by atoms with Gasteiger partial charge in [0.25, 0.3) is 0 Å². The molecule has 8 nitrogen and oxygen atoms in total. The van der Waals surface area contributed by atoms with E-state index in [-0.39, 0.29) is 0 Å². The van der Waals surface area contributed by atoms with Gasteiger partial charge in [-0.05, 0) is 24.3 Å². The van der Waals surface area contributed by atoms with Crippen molar-refractivity contribution in [2.75, 3.05) is 7.05 Å². The molecule has 3 heterocycles. The summed E-state index contributed by atoms with van der Waals surface area (Å²) in [6.45, 7) is 1.10. The van der Waals surface area contributed by atoms with Crippen molar-refractivity contribution in [3.8, 4) is 0 Å². The first-order valence-corrected chi connectivity index (χ1v) is 8.40. The summed E-state index contributed by atoms with van der Waals surface area (Å²) in [6.07, 6.45) is 1.95. The zero-order valence-electron chi connectivity index (χ0n) is 14.7. The molecule has 0 unspecified atom stereocenters. The summed E-state index contributed by atoms with van der Waals surface area (Å²) in [5, 5.41) is 14.9. The van der Waals surface area contributed by atoms with Crippen LogP contribution in [0.15, 0.2) is 53.7 Å². The van der Waals surface area contributed by atoms with Crippen molar-refractivity contribution < 1.29 is 0 Å². The summed E-state index contributed by atoms with van der Waals surface area (Å²) in [5.41, 5.74) is 2.93. The highest BCUT2D eigenvalue weighted by molar-refractivity contribution is 5.80. The fourth-order valence-electron chi connectivity index (χ4n) is 2.91. The Hall–Kier alpha value is -3.42. The Kier molecular flexibility index (Phi) is 4.22. The predicted molar refractivity (Wildman–Crippen MR) is 101 cm³/mol. The van der Waals surface area contributed by atoms with E-state index in [0.717, 1.165) is 28.3 Å². The van der Waals surface area contributed by atoms with Gasteiger partial charge in [0.2, 0.25) is 0 Å². The second kappa shape index (κ2) is 6.83.